The fourth-order valence-corrected chi connectivity index (χ4v) is 4.36. The van der Waals surface area contributed by atoms with Gasteiger partial charge in [-0.15, -0.1) is 0 Å². The average molecular weight is 472 g/mol. The number of alkyl halides is 3. The zero-order valence-corrected chi connectivity index (χ0v) is 18.4. The van der Waals surface area contributed by atoms with Crippen molar-refractivity contribution in [3.8, 4) is 0 Å². The maximum absolute atomic E-state index is 12.8. The minimum absolute atomic E-state index is 0.0899. The molecular weight excluding hydrogens is 449 g/mol. The normalized spacial score (nSPS) is 22.6. The van der Waals surface area contributed by atoms with E-state index >= 15 is 0 Å². The lowest BCUT2D eigenvalue weighted by molar-refractivity contribution is -0.160. The first-order valence-electron chi connectivity index (χ1n) is 10.8. The molecule has 1 aliphatic carbocycles. The Balaban J connectivity index is 1.51. The van der Waals surface area contributed by atoms with Crippen LogP contribution < -0.4 is 10.6 Å². The Hall–Kier alpha value is -3.69. The molecule has 2 atom stereocenters. The van der Waals surface area contributed by atoms with E-state index in [-0.39, 0.29) is 30.9 Å². The van der Waals surface area contributed by atoms with Gasteiger partial charge in [0.1, 0.15) is 11.9 Å². The minimum atomic E-state index is -4.34. The molecule has 0 saturated carbocycles. The summed E-state index contributed by atoms with van der Waals surface area (Å²) in [4.78, 5) is 42.9. The second-order valence-corrected chi connectivity index (χ2v) is 8.34. The molecule has 2 N–H and O–H groups in total. The molecule has 4 rings (SSSR count). The number of carbonyl (C=O) groups is 3. The summed E-state index contributed by atoms with van der Waals surface area (Å²) in [5.41, 5.74) is 2.67. The molecule has 0 spiro atoms. The second kappa shape index (κ2) is 8.92. The van der Waals surface area contributed by atoms with Crippen LogP contribution in [0.25, 0.3) is 5.70 Å². The highest BCUT2D eigenvalue weighted by Gasteiger charge is 2.38. The number of halogens is 3. The zero-order chi connectivity index (χ0) is 24.6. The van der Waals surface area contributed by atoms with E-state index in [1.165, 1.54) is 12.2 Å². The highest BCUT2D eigenvalue weighted by atomic mass is 19.4. The molecule has 3 amide bonds. The zero-order valence-electron chi connectivity index (χ0n) is 18.4. The van der Waals surface area contributed by atoms with E-state index in [0.29, 0.717) is 34.8 Å². The molecule has 178 valence electrons. The Kier molecular flexibility index (Phi) is 6.16. The fraction of sp³-hybridized carbons (Fsp3) is 0.333. The van der Waals surface area contributed by atoms with E-state index in [1.807, 2.05) is 0 Å². The summed E-state index contributed by atoms with van der Waals surface area (Å²) in [5, 5.41) is 5.08. The first-order valence-corrected chi connectivity index (χ1v) is 10.8. The number of hydrogen-bond donors (Lipinski definition) is 2. The van der Waals surface area contributed by atoms with Gasteiger partial charge < -0.3 is 10.2 Å². The third-order valence-corrected chi connectivity index (χ3v) is 6.08. The number of allylic oxidation sites excluding steroid dienone is 2. The van der Waals surface area contributed by atoms with Crippen molar-refractivity contribution in [3.63, 3.8) is 0 Å². The van der Waals surface area contributed by atoms with Gasteiger partial charge in [-0.3, -0.25) is 19.7 Å². The number of nitrogens with one attached hydrogen (secondary N) is 2. The molecule has 34 heavy (non-hydrogen) atoms. The Morgan fingerprint density at radius 1 is 1.32 bits per heavy atom. The van der Waals surface area contributed by atoms with E-state index in [2.05, 4.69) is 22.2 Å². The monoisotopic (exact) mass is 472 g/mol. The van der Waals surface area contributed by atoms with Crippen molar-refractivity contribution in [1.29, 1.82) is 0 Å². The molecule has 2 heterocycles. The van der Waals surface area contributed by atoms with Crippen molar-refractivity contribution < 1.29 is 27.6 Å². The van der Waals surface area contributed by atoms with Crippen LogP contribution in [-0.2, 0) is 20.9 Å². The van der Waals surface area contributed by atoms with E-state index in [0.717, 1.165) is 6.08 Å². The van der Waals surface area contributed by atoms with Crippen LogP contribution in [0.15, 0.2) is 53.6 Å². The molecule has 0 bridgehead atoms. The van der Waals surface area contributed by atoms with Crippen molar-refractivity contribution >= 4 is 34.9 Å². The first kappa shape index (κ1) is 23.5. The number of amides is 3. The largest absolute Gasteiger partial charge is 0.395 e. The van der Waals surface area contributed by atoms with E-state index in [1.54, 1.807) is 30.0 Å². The number of fused-ring (bicyclic) bond motifs is 1. The number of aliphatic imine (C=N–C) groups is 1. The number of amidine groups is 1. The smallest absolute Gasteiger partial charge is 0.348 e. The first-order chi connectivity index (χ1) is 16.1. The predicted octanol–water partition coefficient (Wildman–Crippen LogP) is 3.51. The van der Waals surface area contributed by atoms with E-state index < -0.39 is 30.0 Å². The summed E-state index contributed by atoms with van der Waals surface area (Å²) in [6.45, 7) is 6.01. The van der Waals surface area contributed by atoms with Crippen molar-refractivity contribution in [1.82, 2.24) is 15.5 Å². The standard InChI is InChI=1S/C24H23F3N4O3/c1-13-21-16(12-28-22(33)15-6-8-17(9-7-15)24(25,26)27)4-3-5-18(21)29-14(2)31(13)19-10-11-20(32)30-23(19)34/h3-8,17,19H,1,9-12H2,2H3,(H,28,33)(H,30,32,34). The van der Waals surface area contributed by atoms with E-state index in [4.69, 9.17) is 0 Å². The number of piperidine rings is 1. The summed E-state index contributed by atoms with van der Waals surface area (Å²) < 4.78 is 38.5. The van der Waals surface area contributed by atoms with Gasteiger partial charge in [-0.05, 0) is 31.4 Å². The lowest BCUT2D eigenvalue weighted by Crippen LogP contribution is -2.53. The minimum Gasteiger partial charge on any atom is -0.348 e. The van der Waals surface area contributed by atoms with Crippen LogP contribution >= 0.6 is 0 Å². The number of carbonyl (C=O) groups excluding carboxylic acids is 3. The highest BCUT2D eigenvalue weighted by Crippen LogP contribution is 2.38. The molecule has 7 nitrogen and oxygen atoms in total. The molecule has 1 aromatic rings. The maximum Gasteiger partial charge on any atom is 0.395 e. The summed E-state index contributed by atoms with van der Waals surface area (Å²) in [5.74, 6) is -2.26. The van der Waals surface area contributed by atoms with Gasteiger partial charge in [0, 0.05) is 29.8 Å². The highest BCUT2D eigenvalue weighted by molar-refractivity contribution is 6.06. The van der Waals surface area contributed by atoms with Gasteiger partial charge in [-0.25, -0.2) is 4.99 Å². The van der Waals surface area contributed by atoms with Gasteiger partial charge in [0.05, 0.1) is 11.6 Å². The lowest BCUT2D eigenvalue weighted by atomic mass is 9.95. The predicted molar refractivity (Wildman–Crippen MR) is 119 cm³/mol. The molecule has 0 radical (unpaired) electrons. The van der Waals surface area contributed by atoms with Crippen molar-refractivity contribution in [2.24, 2.45) is 10.9 Å². The molecule has 10 heteroatoms. The molecular formula is C24H23F3N4O3. The third kappa shape index (κ3) is 4.52. The summed E-state index contributed by atoms with van der Waals surface area (Å²) in [7, 11) is 0. The number of benzene rings is 1. The summed E-state index contributed by atoms with van der Waals surface area (Å²) in [6, 6.07) is 4.72. The van der Waals surface area contributed by atoms with E-state index in [9.17, 15) is 27.6 Å². The average Bonchev–Trinajstić information content (AvgIpc) is 2.78. The van der Waals surface area contributed by atoms with Gasteiger partial charge in [0.25, 0.3) is 5.91 Å². The number of nitrogens with zero attached hydrogens (tertiary/aromatic N) is 2. The molecule has 1 fully saturated rings. The lowest BCUT2D eigenvalue weighted by Gasteiger charge is -2.38. The fourth-order valence-electron chi connectivity index (χ4n) is 4.36. The number of hydrogen-bond acceptors (Lipinski definition) is 5. The molecule has 3 aliphatic rings. The maximum atomic E-state index is 12.8. The summed E-state index contributed by atoms with van der Waals surface area (Å²) >= 11 is 0. The molecule has 1 aromatic carbocycles. The number of imide groups is 1. The van der Waals surface area contributed by atoms with Gasteiger partial charge in [-0.2, -0.15) is 13.2 Å². The van der Waals surface area contributed by atoms with Gasteiger partial charge >= 0.3 is 6.18 Å². The molecule has 0 aromatic heterocycles. The van der Waals surface area contributed by atoms with Crippen molar-refractivity contribution in [3.05, 3.63) is 59.7 Å². The van der Waals surface area contributed by atoms with Gasteiger partial charge in [0.15, 0.2) is 0 Å². The number of rotatable bonds is 4. The Morgan fingerprint density at radius 3 is 2.74 bits per heavy atom. The van der Waals surface area contributed by atoms with Crippen LogP contribution in [0.2, 0.25) is 0 Å². The third-order valence-electron chi connectivity index (χ3n) is 6.08. The Bertz CT molecular complexity index is 1170. The van der Waals surface area contributed by atoms with Crippen LogP contribution in [0, 0.1) is 5.92 Å². The SMILES string of the molecule is C=C1c2c(CNC(=O)C3=CCC(C(F)(F)F)C=C3)cccc2N=C(C)N1C1CCC(=O)NC1=O. The Labute approximate surface area is 194 Å². The van der Waals surface area contributed by atoms with Crippen LogP contribution in [0.4, 0.5) is 18.9 Å². The van der Waals surface area contributed by atoms with Crippen molar-refractivity contribution in [2.45, 2.75) is 44.9 Å². The molecule has 2 unspecified atom stereocenters. The quantitative estimate of drug-likeness (QED) is 0.657. The topological polar surface area (TPSA) is 90.9 Å². The van der Waals surface area contributed by atoms with Crippen LogP contribution in [-0.4, -0.2) is 40.7 Å². The van der Waals surface area contributed by atoms with Crippen LogP contribution in [0.1, 0.15) is 37.3 Å². The van der Waals surface area contributed by atoms with Crippen LogP contribution in [0.3, 0.4) is 0 Å². The Morgan fingerprint density at radius 2 is 2.09 bits per heavy atom. The molecule has 2 aliphatic heterocycles. The van der Waals surface area contributed by atoms with Crippen molar-refractivity contribution in [2.75, 3.05) is 0 Å². The second-order valence-electron chi connectivity index (χ2n) is 8.34. The van der Waals surface area contributed by atoms with Gasteiger partial charge in [-0.1, -0.05) is 36.9 Å². The van der Waals surface area contributed by atoms with Crippen LogP contribution in [0.5, 0.6) is 0 Å². The van der Waals surface area contributed by atoms with Gasteiger partial charge in [0.2, 0.25) is 11.8 Å². The summed E-state index contributed by atoms with van der Waals surface area (Å²) in [6.07, 6.45) is -0.628. The molecule has 1 saturated heterocycles.